The molecule has 0 aliphatic heterocycles. The zero-order valence-electron chi connectivity index (χ0n) is 7.70. The van der Waals surface area contributed by atoms with E-state index in [1.54, 1.807) is 4.68 Å². The lowest BCUT2D eigenvalue weighted by Gasteiger charge is -2.04. The van der Waals surface area contributed by atoms with Gasteiger partial charge >= 0.3 is 0 Å². The van der Waals surface area contributed by atoms with E-state index in [1.807, 2.05) is 27.0 Å². The number of rotatable bonds is 3. The largest absolute Gasteiger partial charge is 0.390 e. The van der Waals surface area contributed by atoms with Gasteiger partial charge in [0.15, 0.2) is 0 Å². The van der Waals surface area contributed by atoms with E-state index in [2.05, 4.69) is 10.4 Å². The van der Waals surface area contributed by atoms with E-state index in [9.17, 15) is 0 Å². The van der Waals surface area contributed by atoms with Gasteiger partial charge in [0.05, 0.1) is 12.3 Å². The molecule has 4 heteroatoms. The Morgan fingerprint density at radius 1 is 1.67 bits per heavy atom. The second-order valence-corrected chi connectivity index (χ2v) is 3.10. The number of aliphatic hydroxyl groups excluding tert-OH is 1. The van der Waals surface area contributed by atoms with Gasteiger partial charge in [-0.1, -0.05) is 0 Å². The van der Waals surface area contributed by atoms with Crippen molar-refractivity contribution in [1.82, 2.24) is 9.78 Å². The third-order valence-corrected chi connectivity index (χ3v) is 1.58. The quantitative estimate of drug-likeness (QED) is 0.701. The Hall–Kier alpha value is -1.03. The van der Waals surface area contributed by atoms with Crippen molar-refractivity contribution in [2.75, 3.05) is 5.32 Å². The molecule has 0 radical (unpaired) electrons. The highest BCUT2D eigenvalue weighted by atomic mass is 16.3. The third kappa shape index (κ3) is 1.98. The van der Waals surface area contributed by atoms with Gasteiger partial charge in [-0.2, -0.15) is 5.10 Å². The summed E-state index contributed by atoms with van der Waals surface area (Å²) in [5.41, 5.74) is 0.818. The maximum atomic E-state index is 8.88. The Morgan fingerprint density at radius 2 is 2.33 bits per heavy atom. The molecule has 0 atom stereocenters. The van der Waals surface area contributed by atoms with Crippen LogP contribution in [0.25, 0.3) is 0 Å². The Kier molecular flexibility index (Phi) is 2.70. The van der Waals surface area contributed by atoms with Crippen molar-refractivity contribution < 1.29 is 5.11 Å². The van der Waals surface area contributed by atoms with Gasteiger partial charge in [0.2, 0.25) is 0 Å². The lowest BCUT2D eigenvalue weighted by atomic mass is 10.4. The maximum absolute atomic E-state index is 8.88. The van der Waals surface area contributed by atoms with E-state index < -0.39 is 0 Å². The molecule has 12 heavy (non-hydrogen) atoms. The molecule has 0 bridgehead atoms. The average molecular weight is 169 g/mol. The second kappa shape index (κ2) is 3.58. The Morgan fingerprint density at radius 3 is 2.75 bits per heavy atom. The minimum absolute atomic E-state index is 0.0310. The van der Waals surface area contributed by atoms with Crippen LogP contribution in [0.5, 0.6) is 0 Å². The molecule has 0 saturated heterocycles. The number of hydrogen-bond acceptors (Lipinski definition) is 3. The second-order valence-electron chi connectivity index (χ2n) is 3.10. The molecule has 0 unspecified atom stereocenters. The molecule has 1 aromatic heterocycles. The van der Waals surface area contributed by atoms with Crippen molar-refractivity contribution in [2.45, 2.75) is 26.5 Å². The smallest absolute Gasteiger partial charge is 0.148 e. The first-order valence-corrected chi connectivity index (χ1v) is 4.03. The molecule has 0 aliphatic rings. The summed E-state index contributed by atoms with van der Waals surface area (Å²) >= 11 is 0. The van der Waals surface area contributed by atoms with Crippen LogP contribution in [-0.2, 0) is 13.7 Å². The van der Waals surface area contributed by atoms with E-state index in [4.69, 9.17) is 5.11 Å². The van der Waals surface area contributed by atoms with Gasteiger partial charge in [-0.05, 0) is 13.8 Å². The van der Waals surface area contributed by atoms with Gasteiger partial charge < -0.3 is 10.4 Å². The van der Waals surface area contributed by atoms with Gasteiger partial charge in [-0.15, -0.1) is 0 Å². The van der Waals surface area contributed by atoms with Crippen LogP contribution in [0, 0.1) is 0 Å². The fourth-order valence-corrected chi connectivity index (χ4v) is 1.02. The predicted molar refractivity (Wildman–Crippen MR) is 47.9 cm³/mol. The van der Waals surface area contributed by atoms with E-state index in [1.165, 1.54) is 0 Å². The number of aromatic nitrogens is 2. The summed E-state index contributed by atoms with van der Waals surface area (Å²) in [6, 6.07) is 2.21. The molecular weight excluding hydrogens is 154 g/mol. The lowest BCUT2D eigenvalue weighted by molar-refractivity contribution is 0.270. The summed E-state index contributed by atoms with van der Waals surface area (Å²) in [7, 11) is 1.82. The number of nitrogens with zero attached hydrogens (tertiary/aromatic N) is 2. The average Bonchev–Trinajstić information content (AvgIpc) is 2.29. The van der Waals surface area contributed by atoms with Crippen molar-refractivity contribution >= 4 is 5.82 Å². The van der Waals surface area contributed by atoms with Crippen molar-refractivity contribution in [3.05, 3.63) is 11.8 Å². The summed E-state index contributed by atoms with van der Waals surface area (Å²) in [5, 5.41) is 16.2. The van der Waals surface area contributed by atoms with Gasteiger partial charge in [0.1, 0.15) is 5.82 Å². The Bertz CT molecular complexity index is 255. The molecule has 1 rings (SSSR count). The SMILES string of the molecule is CC(C)Nc1cc(CO)n(C)n1. The number of aryl methyl sites for hydroxylation is 1. The monoisotopic (exact) mass is 169 g/mol. The van der Waals surface area contributed by atoms with Gasteiger partial charge in [-0.3, -0.25) is 4.68 Å². The van der Waals surface area contributed by atoms with E-state index in [-0.39, 0.29) is 6.61 Å². The van der Waals surface area contributed by atoms with Crippen LogP contribution in [-0.4, -0.2) is 20.9 Å². The van der Waals surface area contributed by atoms with Gasteiger partial charge in [0.25, 0.3) is 0 Å². The van der Waals surface area contributed by atoms with Gasteiger partial charge in [0, 0.05) is 19.2 Å². The zero-order valence-corrected chi connectivity index (χ0v) is 7.70. The number of aliphatic hydroxyl groups is 1. The minimum atomic E-state index is 0.0310. The zero-order chi connectivity index (χ0) is 9.14. The summed E-state index contributed by atoms with van der Waals surface area (Å²) < 4.78 is 1.67. The summed E-state index contributed by atoms with van der Waals surface area (Å²) in [6.45, 7) is 4.13. The van der Waals surface area contributed by atoms with E-state index in [0.29, 0.717) is 6.04 Å². The molecule has 0 saturated carbocycles. The van der Waals surface area contributed by atoms with Crippen LogP contribution in [0.15, 0.2) is 6.07 Å². The van der Waals surface area contributed by atoms with Crippen LogP contribution in [0.2, 0.25) is 0 Å². The number of anilines is 1. The van der Waals surface area contributed by atoms with Crippen molar-refractivity contribution in [2.24, 2.45) is 7.05 Å². The number of nitrogens with one attached hydrogen (secondary N) is 1. The topological polar surface area (TPSA) is 50.1 Å². The first kappa shape index (κ1) is 9.06. The summed E-state index contributed by atoms with van der Waals surface area (Å²) in [6.07, 6.45) is 0. The Balaban J connectivity index is 2.75. The summed E-state index contributed by atoms with van der Waals surface area (Å²) in [5.74, 6) is 0.816. The van der Waals surface area contributed by atoms with Gasteiger partial charge in [-0.25, -0.2) is 0 Å². The van der Waals surface area contributed by atoms with Crippen molar-refractivity contribution in [3.8, 4) is 0 Å². The van der Waals surface area contributed by atoms with Crippen molar-refractivity contribution in [3.63, 3.8) is 0 Å². The highest BCUT2D eigenvalue weighted by molar-refractivity contribution is 5.36. The molecule has 0 fully saturated rings. The minimum Gasteiger partial charge on any atom is -0.390 e. The molecule has 1 heterocycles. The lowest BCUT2D eigenvalue weighted by Crippen LogP contribution is -2.10. The fraction of sp³-hybridized carbons (Fsp3) is 0.625. The van der Waals surface area contributed by atoms with E-state index >= 15 is 0 Å². The third-order valence-electron chi connectivity index (χ3n) is 1.58. The highest BCUT2D eigenvalue weighted by Gasteiger charge is 2.03. The Labute approximate surface area is 72.2 Å². The standard InChI is InChI=1S/C8H15N3O/c1-6(2)9-8-4-7(5-12)11(3)10-8/h4,6,12H,5H2,1-3H3,(H,9,10). The predicted octanol–water partition coefficient (Wildman–Crippen LogP) is 0.733. The highest BCUT2D eigenvalue weighted by Crippen LogP contribution is 2.08. The van der Waals surface area contributed by atoms with Crippen LogP contribution in [0.4, 0.5) is 5.82 Å². The number of hydrogen-bond donors (Lipinski definition) is 2. The molecule has 0 spiro atoms. The maximum Gasteiger partial charge on any atom is 0.148 e. The first-order valence-electron chi connectivity index (χ1n) is 4.03. The molecule has 0 aromatic carbocycles. The van der Waals surface area contributed by atoms with Crippen LogP contribution >= 0.6 is 0 Å². The van der Waals surface area contributed by atoms with E-state index in [0.717, 1.165) is 11.5 Å². The molecular formula is C8H15N3O. The molecule has 4 nitrogen and oxygen atoms in total. The molecule has 0 aliphatic carbocycles. The fourth-order valence-electron chi connectivity index (χ4n) is 1.02. The molecule has 2 N–H and O–H groups in total. The van der Waals surface area contributed by atoms with Crippen LogP contribution in [0.3, 0.4) is 0 Å². The molecule has 1 aromatic rings. The normalized spacial score (nSPS) is 10.8. The van der Waals surface area contributed by atoms with Crippen LogP contribution < -0.4 is 5.32 Å². The first-order chi connectivity index (χ1) is 5.63. The van der Waals surface area contributed by atoms with Crippen molar-refractivity contribution in [1.29, 1.82) is 0 Å². The summed E-state index contributed by atoms with van der Waals surface area (Å²) in [4.78, 5) is 0. The van der Waals surface area contributed by atoms with Crippen LogP contribution in [0.1, 0.15) is 19.5 Å². The molecule has 68 valence electrons. The molecule has 0 amide bonds.